The molecule has 1 heterocycles. The number of hydrogen-bond acceptors (Lipinski definition) is 4. The molecular weight excluding hydrogens is 496 g/mol. The minimum atomic E-state index is -1.60. The number of rotatable bonds is 6. The number of hydrogen-bond donors (Lipinski definition) is 1. The SMILES string of the molecule is O=C(Oc1ccccc1)[C@]1(c2ccccc2)O[C@H](c2ccccc2)/C(=C(/O)c2ccccc2)[C@H]1c1ccccc1. The second-order valence-corrected chi connectivity index (χ2v) is 9.73. The van der Waals surface area contributed by atoms with Crippen molar-refractivity contribution < 1.29 is 19.4 Å². The molecular formula is C36H28O4. The molecule has 0 spiro atoms. The summed E-state index contributed by atoms with van der Waals surface area (Å²) in [6.45, 7) is 0. The van der Waals surface area contributed by atoms with E-state index in [-0.39, 0.29) is 5.76 Å². The quantitative estimate of drug-likeness (QED) is 0.139. The normalized spacial score (nSPS) is 21.5. The highest BCUT2D eigenvalue weighted by atomic mass is 16.6. The molecule has 1 saturated heterocycles. The van der Waals surface area contributed by atoms with Crippen molar-refractivity contribution in [1.29, 1.82) is 0 Å². The van der Waals surface area contributed by atoms with Gasteiger partial charge in [-0.15, -0.1) is 0 Å². The third kappa shape index (κ3) is 4.59. The Bertz CT molecular complexity index is 1600. The summed E-state index contributed by atoms with van der Waals surface area (Å²) in [6.07, 6.45) is -0.727. The summed E-state index contributed by atoms with van der Waals surface area (Å²) in [4.78, 5) is 14.6. The molecule has 0 aliphatic carbocycles. The zero-order chi connectivity index (χ0) is 27.4. The molecule has 0 bridgehead atoms. The van der Waals surface area contributed by atoms with Gasteiger partial charge in [0.25, 0.3) is 0 Å². The van der Waals surface area contributed by atoms with Gasteiger partial charge in [0.1, 0.15) is 17.6 Å². The number of benzene rings is 5. The average Bonchev–Trinajstić information content (AvgIpc) is 3.40. The van der Waals surface area contributed by atoms with Crippen LogP contribution >= 0.6 is 0 Å². The molecule has 1 aliphatic rings. The van der Waals surface area contributed by atoms with E-state index in [9.17, 15) is 9.90 Å². The van der Waals surface area contributed by atoms with Crippen LogP contribution in [0.1, 0.15) is 34.3 Å². The van der Waals surface area contributed by atoms with E-state index in [1.54, 1.807) is 12.1 Å². The number of ether oxygens (including phenoxy) is 2. The molecule has 4 heteroatoms. The maximum Gasteiger partial charge on any atom is 0.349 e. The first kappa shape index (κ1) is 25.4. The number of aliphatic hydroxyl groups excluding tert-OH is 1. The van der Waals surface area contributed by atoms with E-state index in [1.165, 1.54) is 0 Å². The van der Waals surface area contributed by atoms with Crippen LogP contribution in [0, 0.1) is 0 Å². The van der Waals surface area contributed by atoms with Gasteiger partial charge in [-0.2, -0.15) is 0 Å². The third-order valence-corrected chi connectivity index (χ3v) is 7.32. The highest BCUT2D eigenvalue weighted by molar-refractivity contribution is 5.88. The smallest absolute Gasteiger partial charge is 0.349 e. The Hall–Kier alpha value is -4.93. The van der Waals surface area contributed by atoms with Crippen LogP contribution in [0.2, 0.25) is 0 Å². The fourth-order valence-corrected chi connectivity index (χ4v) is 5.52. The summed E-state index contributed by atoms with van der Waals surface area (Å²) in [6, 6.07) is 47.2. The minimum Gasteiger partial charge on any atom is -0.507 e. The largest absolute Gasteiger partial charge is 0.507 e. The molecule has 40 heavy (non-hydrogen) atoms. The molecule has 5 aromatic rings. The van der Waals surface area contributed by atoms with Gasteiger partial charge in [-0.3, -0.25) is 0 Å². The van der Waals surface area contributed by atoms with E-state index in [4.69, 9.17) is 9.47 Å². The fraction of sp³-hybridized carbons (Fsp3) is 0.0833. The average molecular weight is 525 g/mol. The summed E-state index contributed by atoms with van der Waals surface area (Å²) in [5.41, 5.74) is 1.93. The molecule has 0 unspecified atom stereocenters. The molecule has 6 rings (SSSR count). The summed E-state index contributed by atoms with van der Waals surface area (Å²) >= 11 is 0. The van der Waals surface area contributed by atoms with Crippen molar-refractivity contribution in [2.75, 3.05) is 0 Å². The molecule has 4 nitrogen and oxygen atoms in total. The van der Waals surface area contributed by atoms with Crippen molar-refractivity contribution in [3.05, 3.63) is 179 Å². The summed E-state index contributed by atoms with van der Waals surface area (Å²) in [5.74, 6) is -0.763. The van der Waals surface area contributed by atoms with Gasteiger partial charge in [0.2, 0.25) is 5.60 Å². The molecule has 0 amide bonds. The molecule has 3 atom stereocenters. The van der Waals surface area contributed by atoms with Crippen LogP contribution in [0.25, 0.3) is 5.76 Å². The maximum atomic E-state index is 14.6. The Labute approximate surface area is 233 Å². The Kier molecular flexibility index (Phi) is 7.00. The Morgan fingerprint density at radius 1 is 0.625 bits per heavy atom. The minimum absolute atomic E-state index is 0.0774. The molecule has 0 saturated carbocycles. The van der Waals surface area contributed by atoms with Crippen LogP contribution in [0.3, 0.4) is 0 Å². The molecule has 1 aliphatic heterocycles. The van der Waals surface area contributed by atoms with Crippen LogP contribution in [0.15, 0.2) is 157 Å². The van der Waals surface area contributed by atoms with Gasteiger partial charge in [-0.1, -0.05) is 140 Å². The summed E-state index contributed by atoms with van der Waals surface area (Å²) < 4.78 is 13.0. The zero-order valence-electron chi connectivity index (χ0n) is 21.8. The number of carbonyl (C=O) groups excluding carboxylic acids is 1. The van der Waals surface area contributed by atoms with Crippen LogP contribution in [0.4, 0.5) is 0 Å². The van der Waals surface area contributed by atoms with Crippen molar-refractivity contribution in [1.82, 2.24) is 0 Å². The second kappa shape index (κ2) is 11.0. The van der Waals surface area contributed by atoms with Crippen molar-refractivity contribution in [2.24, 2.45) is 0 Å². The van der Waals surface area contributed by atoms with Gasteiger partial charge < -0.3 is 14.6 Å². The van der Waals surface area contributed by atoms with E-state index in [2.05, 4.69) is 0 Å². The van der Waals surface area contributed by atoms with Gasteiger partial charge in [-0.05, 0) is 28.8 Å². The van der Waals surface area contributed by atoms with Gasteiger partial charge in [0.05, 0.1) is 5.92 Å². The van der Waals surface area contributed by atoms with Gasteiger partial charge in [0.15, 0.2) is 0 Å². The number of carbonyl (C=O) groups is 1. The predicted molar refractivity (Wildman–Crippen MR) is 156 cm³/mol. The van der Waals surface area contributed by atoms with Crippen LogP contribution < -0.4 is 4.74 Å². The van der Waals surface area contributed by atoms with Crippen molar-refractivity contribution in [3.63, 3.8) is 0 Å². The number of esters is 1. The highest BCUT2D eigenvalue weighted by Gasteiger charge is 2.61. The van der Waals surface area contributed by atoms with E-state index < -0.39 is 23.6 Å². The lowest BCUT2D eigenvalue weighted by atomic mass is 9.73. The standard InChI is InChI=1S/C36H28O4/c37-33(27-18-8-2-9-19-27)31-32(26-16-6-1-7-17-26)36(29-22-12-4-13-23-29,35(38)39-30-24-14-5-15-25-30)40-34(31)28-20-10-3-11-21-28/h1-25,32,34,37H/b33-31+/t32-,34-,36-/m1/s1. The van der Waals surface area contributed by atoms with E-state index in [0.29, 0.717) is 22.4 Å². The van der Waals surface area contributed by atoms with E-state index in [0.717, 1.165) is 11.1 Å². The van der Waals surface area contributed by atoms with Crippen molar-refractivity contribution >= 4 is 11.7 Å². The molecule has 196 valence electrons. The van der Waals surface area contributed by atoms with Gasteiger partial charge >= 0.3 is 5.97 Å². The first-order chi connectivity index (χ1) is 19.7. The summed E-state index contributed by atoms with van der Waals surface area (Å²) in [7, 11) is 0. The van der Waals surface area contributed by atoms with Gasteiger partial charge in [-0.25, -0.2) is 4.79 Å². The lowest BCUT2D eigenvalue weighted by Gasteiger charge is -2.33. The van der Waals surface area contributed by atoms with Crippen LogP contribution in [0.5, 0.6) is 5.75 Å². The first-order valence-electron chi connectivity index (χ1n) is 13.3. The van der Waals surface area contributed by atoms with Crippen molar-refractivity contribution in [2.45, 2.75) is 17.6 Å². The van der Waals surface area contributed by atoms with E-state index in [1.807, 2.05) is 140 Å². The fourth-order valence-electron chi connectivity index (χ4n) is 5.52. The first-order valence-corrected chi connectivity index (χ1v) is 13.3. The molecule has 1 fully saturated rings. The topological polar surface area (TPSA) is 55.8 Å². The molecule has 5 aromatic carbocycles. The zero-order valence-corrected chi connectivity index (χ0v) is 21.8. The number of aliphatic hydroxyl groups is 1. The lowest BCUT2D eigenvalue weighted by Crippen LogP contribution is -2.43. The predicted octanol–water partition coefficient (Wildman–Crippen LogP) is 8.01. The Morgan fingerprint density at radius 2 is 1.10 bits per heavy atom. The Morgan fingerprint density at radius 3 is 1.68 bits per heavy atom. The second-order valence-electron chi connectivity index (χ2n) is 9.73. The maximum absolute atomic E-state index is 14.6. The monoisotopic (exact) mass is 524 g/mol. The lowest BCUT2D eigenvalue weighted by molar-refractivity contribution is -0.164. The van der Waals surface area contributed by atoms with Crippen LogP contribution in [-0.4, -0.2) is 11.1 Å². The Balaban J connectivity index is 1.66. The van der Waals surface area contributed by atoms with Crippen molar-refractivity contribution in [3.8, 4) is 5.75 Å². The van der Waals surface area contributed by atoms with E-state index >= 15 is 0 Å². The third-order valence-electron chi connectivity index (χ3n) is 7.32. The molecule has 0 radical (unpaired) electrons. The van der Waals surface area contributed by atoms with Crippen LogP contribution in [-0.2, 0) is 15.1 Å². The van der Waals surface area contributed by atoms with Gasteiger partial charge in [0, 0.05) is 11.1 Å². The highest BCUT2D eigenvalue weighted by Crippen LogP contribution is 2.59. The molecule has 0 aromatic heterocycles. The molecule has 1 N–H and O–H groups in total. The number of para-hydroxylation sites is 1. The summed E-state index contributed by atoms with van der Waals surface area (Å²) in [5, 5.41) is 12.0.